The molecule has 2 N–H and O–H groups in total. The molecule has 1 fully saturated rings. The molecule has 4 nitrogen and oxygen atoms in total. The maximum atomic E-state index is 12.8. The van der Waals surface area contributed by atoms with Crippen molar-refractivity contribution in [1.82, 2.24) is 4.90 Å². The van der Waals surface area contributed by atoms with Gasteiger partial charge in [-0.15, -0.1) is 12.4 Å². The van der Waals surface area contributed by atoms with Crippen LogP contribution in [-0.4, -0.2) is 42.5 Å². The van der Waals surface area contributed by atoms with Crippen molar-refractivity contribution in [2.75, 3.05) is 24.5 Å². The maximum Gasteiger partial charge on any atom is 0.241 e. The van der Waals surface area contributed by atoms with Gasteiger partial charge in [-0.3, -0.25) is 9.69 Å². The molecule has 0 spiro atoms. The lowest BCUT2D eigenvalue weighted by molar-refractivity contribution is -0.120. The van der Waals surface area contributed by atoms with Gasteiger partial charge in [-0.1, -0.05) is 18.2 Å². The summed E-state index contributed by atoms with van der Waals surface area (Å²) >= 11 is 0. The summed E-state index contributed by atoms with van der Waals surface area (Å²) in [4.78, 5) is 17.0. The number of hydrogen-bond acceptors (Lipinski definition) is 3. The second kappa shape index (κ2) is 6.99. The molecule has 2 aliphatic rings. The maximum absolute atomic E-state index is 12.8. The molecule has 2 aliphatic heterocycles. The van der Waals surface area contributed by atoms with Gasteiger partial charge in [0, 0.05) is 24.3 Å². The van der Waals surface area contributed by atoms with E-state index in [2.05, 4.69) is 30.9 Å². The van der Waals surface area contributed by atoms with Crippen LogP contribution in [0, 0.1) is 5.92 Å². The Kier molecular flexibility index (Phi) is 5.48. The van der Waals surface area contributed by atoms with Crippen molar-refractivity contribution >= 4 is 24.0 Å². The molecule has 0 radical (unpaired) electrons. The number of rotatable bonds is 3. The van der Waals surface area contributed by atoms with Crippen LogP contribution in [0.25, 0.3) is 0 Å². The zero-order valence-corrected chi connectivity index (χ0v) is 14.2. The van der Waals surface area contributed by atoms with E-state index < -0.39 is 0 Å². The van der Waals surface area contributed by atoms with E-state index in [1.54, 1.807) is 0 Å². The predicted octanol–water partition coefficient (Wildman–Crippen LogP) is 2.06. The number of hydrogen-bond donors (Lipinski definition) is 1. The van der Waals surface area contributed by atoms with E-state index in [-0.39, 0.29) is 24.4 Å². The van der Waals surface area contributed by atoms with Crippen LogP contribution in [0.2, 0.25) is 0 Å². The average Bonchev–Trinajstić information content (AvgIpc) is 2.98. The predicted molar refractivity (Wildman–Crippen MR) is 92.5 cm³/mol. The van der Waals surface area contributed by atoms with E-state index in [1.807, 2.05) is 17.0 Å². The summed E-state index contributed by atoms with van der Waals surface area (Å²) in [5.74, 6) is 0.757. The first-order valence-corrected chi connectivity index (χ1v) is 7.94. The third kappa shape index (κ3) is 3.14. The number of carbonyl (C=O) groups is 1. The van der Waals surface area contributed by atoms with Crippen molar-refractivity contribution in [1.29, 1.82) is 0 Å². The largest absolute Gasteiger partial charge is 0.330 e. The minimum Gasteiger partial charge on any atom is -0.330 e. The molecule has 0 aromatic heterocycles. The van der Waals surface area contributed by atoms with Crippen molar-refractivity contribution in [3.8, 4) is 0 Å². The fourth-order valence-corrected chi connectivity index (χ4v) is 3.80. The van der Waals surface area contributed by atoms with Crippen LogP contribution in [-0.2, 0) is 11.2 Å². The van der Waals surface area contributed by atoms with E-state index in [0.29, 0.717) is 18.5 Å². The van der Waals surface area contributed by atoms with E-state index >= 15 is 0 Å². The first-order valence-electron chi connectivity index (χ1n) is 7.94. The second-order valence-corrected chi connectivity index (χ2v) is 6.56. The lowest BCUT2D eigenvalue weighted by atomic mass is 10.1. The standard InChI is InChI=1S/C17H25N3O.ClH/c1-12-7-14(9-18)10-19(12)11-17(21)20-13(2)8-15-5-3-4-6-16(15)20;/h3-6,12-14H,7-11,18H2,1-2H3;1H. The Morgan fingerprint density at radius 2 is 2.00 bits per heavy atom. The smallest absolute Gasteiger partial charge is 0.241 e. The molecule has 0 aliphatic carbocycles. The molecular formula is C17H26ClN3O. The SMILES string of the molecule is CC1CC(CN)CN1CC(=O)N1c2ccccc2CC1C.Cl. The number of nitrogens with zero attached hydrogens (tertiary/aromatic N) is 2. The fourth-order valence-electron chi connectivity index (χ4n) is 3.80. The number of likely N-dealkylation sites (tertiary alicyclic amines) is 1. The molecular weight excluding hydrogens is 298 g/mol. The van der Waals surface area contributed by atoms with Crippen molar-refractivity contribution in [2.45, 2.75) is 38.8 Å². The third-order valence-electron chi connectivity index (χ3n) is 4.94. The Labute approximate surface area is 139 Å². The van der Waals surface area contributed by atoms with Crippen LogP contribution < -0.4 is 10.6 Å². The van der Waals surface area contributed by atoms with Crippen LogP contribution in [0.4, 0.5) is 5.69 Å². The van der Waals surface area contributed by atoms with Crippen LogP contribution in [0.3, 0.4) is 0 Å². The summed E-state index contributed by atoms with van der Waals surface area (Å²) in [5.41, 5.74) is 8.15. The molecule has 1 amide bonds. The highest BCUT2D eigenvalue weighted by Crippen LogP contribution is 2.32. The van der Waals surface area contributed by atoms with Crippen molar-refractivity contribution in [2.24, 2.45) is 11.7 Å². The molecule has 5 heteroatoms. The van der Waals surface area contributed by atoms with Gasteiger partial charge < -0.3 is 10.6 Å². The third-order valence-corrected chi connectivity index (χ3v) is 4.94. The Morgan fingerprint density at radius 3 is 2.68 bits per heavy atom. The van der Waals surface area contributed by atoms with Crippen molar-refractivity contribution in [3.05, 3.63) is 29.8 Å². The number of para-hydroxylation sites is 1. The minimum absolute atomic E-state index is 0. The van der Waals surface area contributed by atoms with Crippen LogP contribution in [0.15, 0.2) is 24.3 Å². The number of halogens is 1. The molecule has 22 heavy (non-hydrogen) atoms. The molecule has 3 unspecified atom stereocenters. The Balaban J connectivity index is 0.00000176. The number of benzene rings is 1. The summed E-state index contributed by atoms with van der Waals surface area (Å²) in [6, 6.07) is 8.97. The van der Waals surface area contributed by atoms with Crippen molar-refractivity contribution in [3.63, 3.8) is 0 Å². The molecule has 3 atom stereocenters. The Bertz CT molecular complexity index is 536. The molecule has 0 saturated carbocycles. The highest BCUT2D eigenvalue weighted by molar-refractivity contribution is 5.97. The molecule has 1 aromatic carbocycles. The first kappa shape index (κ1) is 17.3. The number of anilines is 1. The summed E-state index contributed by atoms with van der Waals surface area (Å²) < 4.78 is 0. The Morgan fingerprint density at radius 1 is 1.27 bits per heavy atom. The number of carbonyl (C=O) groups excluding carboxylic acids is 1. The van der Waals surface area contributed by atoms with Crippen LogP contribution in [0.1, 0.15) is 25.8 Å². The van der Waals surface area contributed by atoms with Gasteiger partial charge in [-0.25, -0.2) is 0 Å². The normalized spacial score (nSPS) is 27.6. The molecule has 122 valence electrons. The van der Waals surface area contributed by atoms with Gasteiger partial charge in [-0.2, -0.15) is 0 Å². The van der Waals surface area contributed by atoms with Gasteiger partial charge in [0.15, 0.2) is 0 Å². The van der Waals surface area contributed by atoms with Gasteiger partial charge in [0.25, 0.3) is 0 Å². The van der Waals surface area contributed by atoms with E-state index in [1.165, 1.54) is 5.56 Å². The van der Waals surface area contributed by atoms with E-state index in [4.69, 9.17) is 5.73 Å². The number of fused-ring (bicyclic) bond motifs is 1. The van der Waals surface area contributed by atoms with E-state index in [0.717, 1.165) is 31.6 Å². The first-order chi connectivity index (χ1) is 10.1. The summed E-state index contributed by atoms with van der Waals surface area (Å²) in [6.45, 7) is 6.51. The van der Waals surface area contributed by atoms with E-state index in [9.17, 15) is 4.79 Å². The van der Waals surface area contributed by atoms with Crippen LogP contribution in [0.5, 0.6) is 0 Å². The minimum atomic E-state index is 0. The quantitative estimate of drug-likeness (QED) is 0.926. The number of nitrogens with two attached hydrogens (primary N) is 1. The highest BCUT2D eigenvalue weighted by atomic mass is 35.5. The average molecular weight is 324 g/mol. The van der Waals surface area contributed by atoms with Gasteiger partial charge in [-0.05, 0) is 50.8 Å². The summed E-state index contributed by atoms with van der Waals surface area (Å²) in [5, 5.41) is 0. The van der Waals surface area contributed by atoms with Gasteiger partial charge in [0.05, 0.1) is 6.54 Å². The summed E-state index contributed by atoms with van der Waals surface area (Å²) in [7, 11) is 0. The molecule has 2 heterocycles. The van der Waals surface area contributed by atoms with Crippen molar-refractivity contribution < 1.29 is 4.79 Å². The zero-order valence-electron chi connectivity index (χ0n) is 13.4. The lowest BCUT2D eigenvalue weighted by Crippen LogP contribution is -2.44. The highest BCUT2D eigenvalue weighted by Gasteiger charge is 2.34. The monoisotopic (exact) mass is 323 g/mol. The molecule has 1 saturated heterocycles. The molecule has 1 aromatic rings. The number of amides is 1. The van der Waals surface area contributed by atoms with Gasteiger partial charge in [0.1, 0.15) is 0 Å². The van der Waals surface area contributed by atoms with Gasteiger partial charge in [0.2, 0.25) is 5.91 Å². The zero-order chi connectivity index (χ0) is 15.0. The topological polar surface area (TPSA) is 49.6 Å². The lowest BCUT2D eigenvalue weighted by Gasteiger charge is -2.27. The fraction of sp³-hybridized carbons (Fsp3) is 0.588. The molecule has 3 rings (SSSR count). The molecule has 0 bridgehead atoms. The Hall–Kier alpha value is -1.10. The second-order valence-electron chi connectivity index (χ2n) is 6.56. The summed E-state index contributed by atoms with van der Waals surface area (Å²) in [6.07, 6.45) is 2.07. The van der Waals surface area contributed by atoms with Gasteiger partial charge >= 0.3 is 0 Å². The van der Waals surface area contributed by atoms with Crippen LogP contribution >= 0.6 is 12.4 Å².